The summed E-state index contributed by atoms with van der Waals surface area (Å²) in [5.41, 5.74) is 7.43. The number of carbonyl (C=O) groups excluding carboxylic acids is 1. The van der Waals surface area contributed by atoms with Crippen molar-refractivity contribution in [2.45, 2.75) is 31.7 Å². The Morgan fingerprint density at radius 1 is 1.60 bits per heavy atom. The molecular weight excluding hydrogens is 212 g/mol. The third kappa shape index (κ3) is 2.73. The standard InChI is InChI=1S/C9H14N4OS/c10-7-3-1-2-6(4-7)8(14)12-9-13-11-5-15-9/h5-7H,1-4,10H2,(H,12,13,14). The molecule has 0 bridgehead atoms. The quantitative estimate of drug-likeness (QED) is 0.788. The van der Waals surface area contributed by atoms with Gasteiger partial charge in [-0.25, -0.2) is 0 Å². The van der Waals surface area contributed by atoms with Gasteiger partial charge in [0.25, 0.3) is 0 Å². The molecular formula is C9H14N4OS. The molecule has 1 amide bonds. The summed E-state index contributed by atoms with van der Waals surface area (Å²) in [5, 5.41) is 10.8. The van der Waals surface area contributed by atoms with Crippen LogP contribution in [0.1, 0.15) is 25.7 Å². The van der Waals surface area contributed by atoms with Crippen LogP contribution in [-0.4, -0.2) is 22.1 Å². The zero-order valence-corrected chi connectivity index (χ0v) is 9.17. The van der Waals surface area contributed by atoms with E-state index in [2.05, 4.69) is 15.5 Å². The predicted molar refractivity (Wildman–Crippen MR) is 58.5 cm³/mol. The van der Waals surface area contributed by atoms with Gasteiger partial charge in [0.15, 0.2) is 0 Å². The number of amides is 1. The summed E-state index contributed by atoms with van der Waals surface area (Å²) in [6.45, 7) is 0. The molecule has 0 aromatic carbocycles. The molecule has 3 N–H and O–H groups in total. The van der Waals surface area contributed by atoms with E-state index >= 15 is 0 Å². The highest BCUT2D eigenvalue weighted by Gasteiger charge is 2.25. The van der Waals surface area contributed by atoms with Crippen LogP contribution in [0.5, 0.6) is 0 Å². The number of hydrogen-bond donors (Lipinski definition) is 2. The van der Waals surface area contributed by atoms with Crippen LogP contribution < -0.4 is 11.1 Å². The zero-order valence-electron chi connectivity index (χ0n) is 8.35. The van der Waals surface area contributed by atoms with Gasteiger partial charge in [0.2, 0.25) is 11.0 Å². The van der Waals surface area contributed by atoms with Crippen LogP contribution in [0, 0.1) is 5.92 Å². The van der Waals surface area contributed by atoms with Crippen molar-refractivity contribution in [2.24, 2.45) is 11.7 Å². The van der Waals surface area contributed by atoms with Crippen molar-refractivity contribution >= 4 is 22.4 Å². The van der Waals surface area contributed by atoms with Gasteiger partial charge < -0.3 is 11.1 Å². The molecule has 0 radical (unpaired) electrons. The number of hydrogen-bond acceptors (Lipinski definition) is 5. The van der Waals surface area contributed by atoms with Crippen molar-refractivity contribution in [2.75, 3.05) is 5.32 Å². The molecule has 2 atom stereocenters. The molecule has 1 aromatic heterocycles. The van der Waals surface area contributed by atoms with E-state index < -0.39 is 0 Å². The predicted octanol–water partition coefficient (Wildman–Crippen LogP) is 0.994. The monoisotopic (exact) mass is 226 g/mol. The number of carbonyl (C=O) groups is 1. The third-order valence-electron chi connectivity index (χ3n) is 2.68. The summed E-state index contributed by atoms with van der Waals surface area (Å²) >= 11 is 1.33. The van der Waals surface area contributed by atoms with E-state index in [0.29, 0.717) is 5.13 Å². The van der Waals surface area contributed by atoms with Gasteiger partial charge in [-0.15, -0.1) is 10.2 Å². The summed E-state index contributed by atoms with van der Waals surface area (Å²) in [6, 6.07) is 0.170. The maximum absolute atomic E-state index is 11.8. The Kier molecular flexibility index (Phi) is 3.27. The number of anilines is 1. The lowest BCUT2D eigenvalue weighted by Gasteiger charge is -2.25. The largest absolute Gasteiger partial charge is 0.328 e. The lowest BCUT2D eigenvalue weighted by Crippen LogP contribution is -2.34. The minimum atomic E-state index is 0.0295. The Labute approximate surface area is 92.1 Å². The van der Waals surface area contributed by atoms with Gasteiger partial charge in [0.1, 0.15) is 5.51 Å². The first-order valence-electron chi connectivity index (χ1n) is 5.08. The Hall–Kier alpha value is -1.01. The molecule has 2 rings (SSSR count). The molecule has 1 aliphatic carbocycles. The fourth-order valence-corrected chi connectivity index (χ4v) is 2.35. The molecule has 0 spiro atoms. The maximum Gasteiger partial charge on any atom is 0.229 e. The molecule has 82 valence electrons. The molecule has 1 heterocycles. The third-order valence-corrected chi connectivity index (χ3v) is 3.28. The molecule has 1 aliphatic rings. The topological polar surface area (TPSA) is 80.9 Å². The number of nitrogens with two attached hydrogens (primary N) is 1. The van der Waals surface area contributed by atoms with Crippen molar-refractivity contribution in [3.05, 3.63) is 5.51 Å². The van der Waals surface area contributed by atoms with Crippen molar-refractivity contribution in [1.82, 2.24) is 10.2 Å². The lowest BCUT2D eigenvalue weighted by molar-refractivity contribution is -0.120. The number of nitrogens with zero attached hydrogens (tertiary/aromatic N) is 2. The summed E-state index contributed by atoms with van der Waals surface area (Å²) in [6.07, 6.45) is 3.78. The van der Waals surface area contributed by atoms with E-state index in [0.717, 1.165) is 25.7 Å². The highest BCUT2D eigenvalue weighted by atomic mass is 32.1. The summed E-state index contributed by atoms with van der Waals surface area (Å²) < 4.78 is 0. The smallest absolute Gasteiger partial charge is 0.229 e. The normalized spacial score (nSPS) is 26.2. The highest BCUT2D eigenvalue weighted by molar-refractivity contribution is 7.13. The minimum Gasteiger partial charge on any atom is -0.328 e. The van der Waals surface area contributed by atoms with Crippen LogP contribution in [0.25, 0.3) is 0 Å². The van der Waals surface area contributed by atoms with Gasteiger partial charge in [-0.3, -0.25) is 4.79 Å². The second-order valence-corrected chi connectivity index (χ2v) is 4.69. The van der Waals surface area contributed by atoms with Gasteiger partial charge in [-0.1, -0.05) is 17.8 Å². The summed E-state index contributed by atoms with van der Waals surface area (Å²) in [7, 11) is 0. The SMILES string of the molecule is NC1CCCC(C(=O)Nc2nncs2)C1. The van der Waals surface area contributed by atoms with Gasteiger partial charge in [0, 0.05) is 12.0 Å². The summed E-state index contributed by atoms with van der Waals surface area (Å²) in [5.74, 6) is 0.0690. The van der Waals surface area contributed by atoms with Gasteiger partial charge in [0.05, 0.1) is 0 Å². The maximum atomic E-state index is 11.8. The first-order valence-corrected chi connectivity index (χ1v) is 5.96. The average Bonchev–Trinajstić information content (AvgIpc) is 2.70. The van der Waals surface area contributed by atoms with Gasteiger partial charge in [-0.05, 0) is 19.3 Å². The Bertz CT molecular complexity index is 327. The number of aromatic nitrogens is 2. The molecule has 15 heavy (non-hydrogen) atoms. The molecule has 0 saturated heterocycles. The van der Waals surface area contributed by atoms with E-state index in [1.54, 1.807) is 5.51 Å². The Morgan fingerprint density at radius 3 is 3.13 bits per heavy atom. The van der Waals surface area contributed by atoms with E-state index in [-0.39, 0.29) is 17.9 Å². The molecule has 6 heteroatoms. The molecule has 1 aromatic rings. The van der Waals surface area contributed by atoms with Crippen molar-refractivity contribution in [3.63, 3.8) is 0 Å². The van der Waals surface area contributed by atoms with Crippen LogP contribution in [0.2, 0.25) is 0 Å². The zero-order chi connectivity index (χ0) is 10.7. The minimum absolute atomic E-state index is 0.0295. The van der Waals surface area contributed by atoms with Gasteiger partial charge in [-0.2, -0.15) is 0 Å². The van der Waals surface area contributed by atoms with Crippen LogP contribution in [0.3, 0.4) is 0 Å². The van der Waals surface area contributed by atoms with Crippen molar-refractivity contribution in [3.8, 4) is 0 Å². The Balaban J connectivity index is 1.90. The van der Waals surface area contributed by atoms with Gasteiger partial charge >= 0.3 is 0 Å². The first kappa shape index (κ1) is 10.5. The van der Waals surface area contributed by atoms with Crippen LogP contribution in [0.15, 0.2) is 5.51 Å². The highest BCUT2D eigenvalue weighted by Crippen LogP contribution is 2.24. The van der Waals surface area contributed by atoms with Crippen LogP contribution in [-0.2, 0) is 4.79 Å². The average molecular weight is 226 g/mol. The Morgan fingerprint density at radius 2 is 2.47 bits per heavy atom. The van der Waals surface area contributed by atoms with Crippen molar-refractivity contribution in [1.29, 1.82) is 0 Å². The summed E-state index contributed by atoms with van der Waals surface area (Å²) in [4.78, 5) is 11.8. The van der Waals surface area contributed by atoms with E-state index in [4.69, 9.17) is 5.73 Å². The van der Waals surface area contributed by atoms with E-state index in [1.807, 2.05) is 0 Å². The molecule has 2 unspecified atom stereocenters. The number of rotatable bonds is 2. The fraction of sp³-hybridized carbons (Fsp3) is 0.667. The fourth-order valence-electron chi connectivity index (χ4n) is 1.90. The molecule has 5 nitrogen and oxygen atoms in total. The van der Waals surface area contributed by atoms with Crippen molar-refractivity contribution < 1.29 is 4.79 Å². The first-order chi connectivity index (χ1) is 7.25. The number of nitrogens with one attached hydrogen (secondary N) is 1. The molecule has 1 saturated carbocycles. The van der Waals surface area contributed by atoms with E-state index in [1.165, 1.54) is 11.3 Å². The van der Waals surface area contributed by atoms with Crippen LogP contribution in [0.4, 0.5) is 5.13 Å². The second kappa shape index (κ2) is 4.67. The second-order valence-electron chi connectivity index (χ2n) is 3.86. The lowest BCUT2D eigenvalue weighted by atomic mass is 9.86. The molecule has 0 aliphatic heterocycles. The van der Waals surface area contributed by atoms with Crippen LogP contribution >= 0.6 is 11.3 Å². The molecule has 1 fully saturated rings. The van der Waals surface area contributed by atoms with E-state index in [9.17, 15) is 4.79 Å².